The van der Waals surface area contributed by atoms with Gasteiger partial charge in [-0.3, -0.25) is 4.79 Å². The molecule has 3 aromatic carbocycles. The maximum atomic E-state index is 12.7. The van der Waals surface area contributed by atoms with Gasteiger partial charge in [-0.05, 0) is 29.8 Å². The van der Waals surface area contributed by atoms with Crippen LogP contribution in [0, 0.1) is 0 Å². The number of rotatable bonds is 2. The maximum Gasteiger partial charge on any atom is 0.274 e. The topological polar surface area (TPSA) is 41.5 Å². The van der Waals surface area contributed by atoms with Crippen LogP contribution in [0.25, 0.3) is 6.08 Å². The zero-order chi connectivity index (χ0) is 17.9. The Morgan fingerprint density at radius 2 is 1.58 bits per heavy atom. The number of amides is 1. The predicted molar refractivity (Wildman–Crippen MR) is 109 cm³/mol. The average Bonchev–Trinajstić information content (AvgIpc) is 2.80. The van der Waals surface area contributed by atoms with E-state index in [0.717, 1.165) is 32.6 Å². The lowest BCUT2D eigenvalue weighted by Crippen LogP contribution is -2.12. The highest BCUT2D eigenvalue weighted by Gasteiger charge is 2.21. The minimum absolute atomic E-state index is 0.219. The van der Waals surface area contributed by atoms with E-state index in [-0.39, 0.29) is 5.91 Å². The number of aliphatic imine (C=N–C) groups is 1. The van der Waals surface area contributed by atoms with Gasteiger partial charge in [0, 0.05) is 15.6 Å². The van der Waals surface area contributed by atoms with Crippen molar-refractivity contribution in [1.29, 1.82) is 0 Å². The number of benzodiazepines with no additional fused rings is 1. The molecule has 0 bridgehead atoms. The van der Waals surface area contributed by atoms with E-state index in [1.54, 1.807) is 6.08 Å². The van der Waals surface area contributed by atoms with E-state index in [0.29, 0.717) is 5.70 Å². The van der Waals surface area contributed by atoms with E-state index in [9.17, 15) is 4.79 Å². The average molecular weight is 403 g/mol. The van der Waals surface area contributed by atoms with Gasteiger partial charge in [0.25, 0.3) is 5.91 Å². The lowest BCUT2D eigenvalue weighted by atomic mass is 10.0. The summed E-state index contributed by atoms with van der Waals surface area (Å²) in [6.45, 7) is 0. The van der Waals surface area contributed by atoms with Crippen LogP contribution in [-0.2, 0) is 4.79 Å². The zero-order valence-corrected chi connectivity index (χ0v) is 15.4. The van der Waals surface area contributed by atoms with Gasteiger partial charge in [0.15, 0.2) is 0 Å². The third-order valence-corrected chi connectivity index (χ3v) is 4.59. The van der Waals surface area contributed by atoms with Crippen molar-refractivity contribution in [1.82, 2.24) is 0 Å². The van der Waals surface area contributed by atoms with Gasteiger partial charge in [0.2, 0.25) is 0 Å². The van der Waals surface area contributed by atoms with Crippen molar-refractivity contribution in [3.8, 4) is 0 Å². The molecule has 3 aromatic rings. The standard InChI is InChI=1S/C22H15BrN2O/c23-17-11-12-19-18(14-17)21(16-9-5-2-6-10-16)24-20(22(26)25-19)13-15-7-3-1-4-8-15/h1-14H,(H,25,26)/b20-13-. The van der Waals surface area contributed by atoms with Crippen molar-refractivity contribution in [2.75, 3.05) is 5.32 Å². The second-order valence-corrected chi connectivity index (χ2v) is 6.83. The van der Waals surface area contributed by atoms with Crippen LogP contribution in [0.4, 0.5) is 5.69 Å². The van der Waals surface area contributed by atoms with E-state index < -0.39 is 0 Å². The van der Waals surface area contributed by atoms with Crippen molar-refractivity contribution in [3.05, 3.63) is 106 Å². The Hall–Kier alpha value is -2.98. The first-order valence-corrected chi connectivity index (χ1v) is 9.02. The molecule has 26 heavy (non-hydrogen) atoms. The number of halogens is 1. The molecule has 3 nitrogen and oxygen atoms in total. The molecule has 0 radical (unpaired) electrons. The summed E-state index contributed by atoms with van der Waals surface area (Å²) in [5.74, 6) is -0.219. The van der Waals surface area contributed by atoms with Gasteiger partial charge < -0.3 is 5.32 Å². The SMILES string of the molecule is O=C1Nc2ccc(Br)cc2C(c2ccccc2)=N/C1=C\c1ccccc1. The third-order valence-electron chi connectivity index (χ3n) is 4.10. The fourth-order valence-corrected chi connectivity index (χ4v) is 3.22. The molecular formula is C22H15BrN2O. The molecule has 4 rings (SSSR count). The molecule has 0 unspecified atom stereocenters. The molecule has 0 aliphatic carbocycles. The quantitative estimate of drug-likeness (QED) is 0.582. The fourth-order valence-electron chi connectivity index (χ4n) is 2.86. The van der Waals surface area contributed by atoms with Crippen molar-refractivity contribution in [2.45, 2.75) is 0 Å². The van der Waals surface area contributed by atoms with E-state index in [1.165, 1.54) is 0 Å². The highest BCUT2D eigenvalue weighted by molar-refractivity contribution is 9.10. The van der Waals surface area contributed by atoms with E-state index in [2.05, 4.69) is 21.2 Å². The first-order chi connectivity index (χ1) is 12.7. The van der Waals surface area contributed by atoms with Gasteiger partial charge in [-0.25, -0.2) is 4.99 Å². The van der Waals surface area contributed by atoms with Crippen LogP contribution in [0.5, 0.6) is 0 Å². The Bertz CT molecular complexity index is 1020. The molecule has 1 N–H and O–H groups in total. The Labute approximate surface area is 160 Å². The van der Waals surface area contributed by atoms with Gasteiger partial charge in [-0.2, -0.15) is 0 Å². The van der Waals surface area contributed by atoms with Crippen molar-refractivity contribution in [2.24, 2.45) is 4.99 Å². The Balaban J connectivity index is 1.93. The highest BCUT2D eigenvalue weighted by Crippen LogP contribution is 2.28. The van der Waals surface area contributed by atoms with Gasteiger partial charge in [0.1, 0.15) is 5.70 Å². The molecule has 0 saturated heterocycles. The Morgan fingerprint density at radius 3 is 2.31 bits per heavy atom. The van der Waals surface area contributed by atoms with E-state index in [4.69, 9.17) is 4.99 Å². The maximum absolute atomic E-state index is 12.7. The van der Waals surface area contributed by atoms with Crippen molar-refractivity contribution >= 4 is 39.3 Å². The summed E-state index contributed by atoms with van der Waals surface area (Å²) in [6, 6.07) is 25.4. The monoisotopic (exact) mass is 402 g/mol. The van der Waals surface area contributed by atoms with E-state index in [1.807, 2.05) is 78.9 Å². The molecule has 0 spiro atoms. The Kier molecular flexibility index (Phi) is 4.50. The number of carbonyl (C=O) groups is 1. The molecule has 0 aromatic heterocycles. The van der Waals surface area contributed by atoms with Crippen LogP contribution in [0.3, 0.4) is 0 Å². The number of hydrogen-bond donors (Lipinski definition) is 1. The molecule has 1 amide bonds. The van der Waals surface area contributed by atoms with Crippen LogP contribution in [0.1, 0.15) is 16.7 Å². The molecule has 1 aliphatic rings. The number of fused-ring (bicyclic) bond motifs is 1. The third kappa shape index (κ3) is 3.37. The molecule has 4 heteroatoms. The molecule has 126 valence electrons. The van der Waals surface area contributed by atoms with Crippen LogP contribution in [0.2, 0.25) is 0 Å². The fraction of sp³-hybridized carbons (Fsp3) is 0. The van der Waals surface area contributed by atoms with Crippen LogP contribution in [0.15, 0.2) is 94.0 Å². The zero-order valence-electron chi connectivity index (χ0n) is 13.8. The normalized spacial score (nSPS) is 15.0. The lowest BCUT2D eigenvalue weighted by molar-refractivity contribution is -0.112. The summed E-state index contributed by atoms with van der Waals surface area (Å²) in [5, 5.41) is 2.98. The highest BCUT2D eigenvalue weighted by atomic mass is 79.9. The Morgan fingerprint density at radius 1 is 0.885 bits per heavy atom. The molecule has 1 aliphatic heterocycles. The predicted octanol–water partition coefficient (Wildman–Crippen LogP) is 5.28. The minimum Gasteiger partial charge on any atom is -0.320 e. The lowest BCUT2D eigenvalue weighted by Gasteiger charge is -2.10. The smallest absolute Gasteiger partial charge is 0.274 e. The number of benzene rings is 3. The van der Waals surface area contributed by atoms with Gasteiger partial charge in [-0.1, -0.05) is 76.6 Å². The van der Waals surface area contributed by atoms with Crippen LogP contribution in [-0.4, -0.2) is 11.6 Å². The van der Waals surface area contributed by atoms with Crippen molar-refractivity contribution < 1.29 is 4.79 Å². The largest absolute Gasteiger partial charge is 0.320 e. The van der Waals surface area contributed by atoms with Gasteiger partial charge in [0.05, 0.1) is 11.4 Å². The summed E-state index contributed by atoms with van der Waals surface area (Å²) >= 11 is 3.52. The molecule has 0 saturated carbocycles. The minimum atomic E-state index is -0.219. The molecular weight excluding hydrogens is 388 g/mol. The number of nitrogens with zero attached hydrogens (tertiary/aromatic N) is 1. The van der Waals surface area contributed by atoms with Gasteiger partial charge >= 0.3 is 0 Å². The summed E-state index contributed by atoms with van der Waals surface area (Å²) < 4.78 is 0.935. The van der Waals surface area contributed by atoms with E-state index >= 15 is 0 Å². The first kappa shape index (κ1) is 16.5. The van der Waals surface area contributed by atoms with Crippen LogP contribution >= 0.6 is 15.9 Å². The second kappa shape index (κ2) is 7.10. The summed E-state index contributed by atoms with van der Waals surface area (Å²) in [7, 11) is 0. The number of hydrogen-bond acceptors (Lipinski definition) is 2. The number of anilines is 1. The van der Waals surface area contributed by atoms with Crippen LogP contribution < -0.4 is 5.32 Å². The number of nitrogens with one attached hydrogen (secondary N) is 1. The van der Waals surface area contributed by atoms with Crippen molar-refractivity contribution in [3.63, 3.8) is 0 Å². The molecule has 0 fully saturated rings. The summed E-state index contributed by atoms with van der Waals surface area (Å²) in [4.78, 5) is 17.5. The molecule has 0 atom stereocenters. The summed E-state index contributed by atoms with van der Waals surface area (Å²) in [6.07, 6.45) is 1.80. The first-order valence-electron chi connectivity index (χ1n) is 8.23. The van der Waals surface area contributed by atoms with Gasteiger partial charge in [-0.15, -0.1) is 0 Å². The number of carbonyl (C=O) groups excluding carboxylic acids is 1. The molecule has 1 heterocycles. The summed E-state index contributed by atoms with van der Waals surface area (Å²) in [5.41, 5.74) is 4.67. The second-order valence-electron chi connectivity index (χ2n) is 5.91.